The molecule has 0 N–H and O–H groups in total. The Hall–Kier alpha value is -2.10. The van der Waals surface area contributed by atoms with E-state index in [4.69, 9.17) is 0 Å². The molecule has 0 aliphatic carbocycles. The average Bonchev–Trinajstić information content (AvgIpc) is 2.46. The maximum atomic E-state index is 12.4. The highest BCUT2D eigenvalue weighted by molar-refractivity contribution is 5.81. The summed E-state index contributed by atoms with van der Waals surface area (Å²) in [6, 6.07) is 5.98. The zero-order valence-corrected chi connectivity index (χ0v) is 12.7. The molecule has 1 aromatic heterocycles. The monoisotopic (exact) mass is 284 g/mol. The molecule has 0 atom stereocenters. The summed E-state index contributed by atoms with van der Waals surface area (Å²) in [5.41, 5.74) is 2.10. The van der Waals surface area contributed by atoms with Crippen LogP contribution in [0.15, 0.2) is 39.9 Å². The van der Waals surface area contributed by atoms with Gasteiger partial charge < -0.3 is 4.57 Å². The summed E-state index contributed by atoms with van der Waals surface area (Å²) in [5, 5.41) is 0. The minimum atomic E-state index is -0.433. The topological polar surface area (TPSA) is 44.0 Å². The maximum Gasteiger partial charge on any atom is 0.317 e. The second-order valence-corrected chi connectivity index (χ2v) is 6.25. The van der Waals surface area contributed by atoms with Crippen molar-refractivity contribution in [2.45, 2.75) is 45.7 Å². The van der Waals surface area contributed by atoms with Gasteiger partial charge in [-0.05, 0) is 30.4 Å². The van der Waals surface area contributed by atoms with Crippen molar-refractivity contribution in [3.8, 4) is 0 Å². The van der Waals surface area contributed by atoms with E-state index >= 15 is 0 Å². The molecule has 0 fully saturated rings. The molecule has 0 unspecified atom stereocenters. The van der Waals surface area contributed by atoms with Gasteiger partial charge in [-0.2, -0.15) is 0 Å². The van der Waals surface area contributed by atoms with Crippen molar-refractivity contribution >= 4 is 11.0 Å². The van der Waals surface area contributed by atoms with Gasteiger partial charge in [0.05, 0.1) is 11.0 Å². The van der Waals surface area contributed by atoms with E-state index in [1.54, 1.807) is 9.13 Å². The number of aryl methyl sites for hydroxylation is 1. The van der Waals surface area contributed by atoms with Gasteiger partial charge in [-0.25, -0.2) is 0 Å². The molecule has 0 amide bonds. The second kappa shape index (κ2) is 4.72. The number of para-hydroxylation sites is 1. The first-order valence-corrected chi connectivity index (χ1v) is 7.35. The van der Waals surface area contributed by atoms with Crippen molar-refractivity contribution in [3.05, 3.63) is 56.6 Å². The number of allylic oxidation sites excluding steroid dienone is 2. The highest BCUT2D eigenvalue weighted by atomic mass is 16.2. The van der Waals surface area contributed by atoms with Crippen LogP contribution < -0.4 is 11.1 Å². The van der Waals surface area contributed by atoms with E-state index in [0.29, 0.717) is 13.1 Å². The Kier molecular flexibility index (Phi) is 3.12. The summed E-state index contributed by atoms with van der Waals surface area (Å²) in [6.45, 7) is 7.34. The van der Waals surface area contributed by atoms with Crippen LogP contribution in [0.2, 0.25) is 0 Å². The van der Waals surface area contributed by atoms with Crippen molar-refractivity contribution < 1.29 is 0 Å². The average molecular weight is 284 g/mol. The standard InChI is InChI=1S/C17H20N2O2/c1-4-5-10-18-13-8-6-7-12-14(13)19(16(21)15(18)20)11-9-17(12,2)3/h4-8H,9-11H2,1-3H3/b5-4+. The Balaban J connectivity index is 2.48. The van der Waals surface area contributed by atoms with Gasteiger partial charge in [0.1, 0.15) is 0 Å². The van der Waals surface area contributed by atoms with Crippen molar-refractivity contribution in [1.82, 2.24) is 9.13 Å². The number of benzene rings is 1. The molecule has 0 radical (unpaired) electrons. The number of aromatic nitrogens is 2. The molecule has 0 saturated carbocycles. The molecule has 0 spiro atoms. The molecule has 21 heavy (non-hydrogen) atoms. The third-order valence-electron chi connectivity index (χ3n) is 4.46. The van der Waals surface area contributed by atoms with Crippen LogP contribution in [0.4, 0.5) is 0 Å². The van der Waals surface area contributed by atoms with Crippen molar-refractivity contribution in [3.63, 3.8) is 0 Å². The lowest BCUT2D eigenvalue weighted by molar-refractivity contribution is 0.414. The summed E-state index contributed by atoms with van der Waals surface area (Å²) in [6.07, 6.45) is 4.66. The SMILES string of the molecule is C/C=C/Cn1c(=O)c(=O)n2c3c(cccc31)C(C)(C)CC2. The van der Waals surface area contributed by atoms with Gasteiger partial charge in [-0.3, -0.25) is 14.2 Å². The summed E-state index contributed by atoms with van der Waals surface area (Å²) < 4.78 is 3.24. The minimum absolute atomic E-state index is 0.0226. The fraction of sp³-hybridized carbons (Fsp3) is 0.412. The maximum absolute atomic E-state index is 12.4. The van der Waals surface area contributed by atoms with Gasteiger partial charge in [0, 0.05) is 13.1 Å². The number of hydrogen-bond donors (Lipinski definition) is 0. The molecular formula is C17H20N2O2. The first-order valence-electron chi connectivity index (χ1n) is 7.35. The van der Waals surface area contributed by atoms with Gasteiger partial charge in [0.25, 0.3) is 0 Å². The van der Waals surface area contributed by atoms with Crippen molar-refractivity contribution in [1.29, 1.82) is 0 Å². The molecule has 2 aromatic rings. The van der Waals surface area contributed by atoms with E-state index in [0.717, 1.165) is 23.0 Å². The predicted molar refractivity (Wildman–Crippen MR) is 84.9 cm³/mol. The molecule has 1 aliphatic heterocycles. The van der Waals surface area contributed by atoms with Gasteiger partial charge in [-0.1, -0.05) is 38.1 Å². The van der Waals surface area contributed by atoms with Crippen molar-refractivity contribution in [2.75, 3.05) is 0 Å². The Morgan fingerprint density at radius 2 is 2.00 bits per heavy atom. The van der Waals surface area contributed by atoms with E-state index in [1.807, 2.05) is 31.2 Å². The third-order valence-corrected chi connectivity index (χ3v) is 4.46. The quantitative estimate of drug-likeness (QED) is 0.628. The molecule has 110 valence electrons. The molecule has 4 nitrogen and oxygen atoms in total. The zero-order chi connectivity index (χ0) is 15.2. The van der Waals surface area contributed by atoms with Crippen LogP contribution in [0.5, 0.6) is 0 Å². The van der Waals surface area contributed by atoms with Gasteiger partial charge in [0.15, 0.2) is 0 Å². The Morgan fingerprint density at radius 1 is 1.24 bits per heavy atom. The van der Waals surface area contributed by atoms with Crippen LogP contribution in [0.3, 0.4) is 0 Å². The summed E-state index contributed by atoms with van der Waals surface area (Å²) in [5.74, 6) is 0. The highest BCUT2D eigenvalue weighted by Crippen LogP contribution is 2.36. The fourth-order valence-corrected chi connectivity index (χ4v) is 3.15. The molecule has 2 heterocycles. The number of nitrogens with zero attached hydrogens (tertiary/aromatic N) is 2. The zero-order valence-electron chi connectivity index (χ0n) is 12.7. The van der Waals surface area contributed by atoms with E-state index in [2.05, 4.69) is 19.9 Å². The van der Waals surface area contributed by atoms with Crippen molar-refractivity contribution in [2.24, 2.45) is 0 Å². The van der Waals surface area contributed by atoms with Crippen LogP contribution in [0.1, 0.15) is 32.8 Å². The predicted octanol–water partition coefficient (Wildman–Crippen LogP) is 2.42. The van der Waals surface area contributed by atoms with Crippen LogP contribution in [0, 0.1) is 0 Å². The molecule has 4 heteroatoms. The van der Waals surface area contributed by atoms with Crippen LogP contribution in [-0.4, -0.2) is 9.13 Å². The summed E-state index contributed by atoms with van der Waals surface area (Å²) in [4.78, 5) is 24.8. The van der Waals surface area contributed by atoms with Crippen LogP contribution >= 0.6 is 0 Å². The molecular weight excluding hydrogens is 264 g/mol. The van der Waals surface area contributed by atoms with E-state index in [-0.39, 0.29) is 5.41 Å². The lowest BCUT2D eigenvalue weighted by atomic mass is 9.78. The van der Waals surface area contributed by atoms with E-state index in [9.17, 15) is 9.59 Å². The lowest BCUT2D eigenvalue weighted by Gasteiger charge is -2.33. The highest BCUT2D eigenvalue weighted by Gasteiger charge is 2.30. The smallest absolute Gasteiger partial charge is 0.302 e. The Bertz CT molecular complexity index is 853. The normalized spacial score (nSPS) is 16.7. The van der Waals surface area contributed by atoms with Gasteiger partial charge in [0.2, 0.25) is 0 Å². The molecule has 0 saturated heterocycles. The van der Waals surface area contributed by atoms with E-state index in [1.165, 1.54) is 0 Å². The molecule has 1 aliphatic rings. The van der Waals surface area contributed by atoms with Gasteiger partial charge in [-0.15, -0.1) is 0 Å². The fourth-order valence-electron chi connectivity index (χ4n) is 3.15. The Morgan fingerprint density at radius 3 is 2.71 bits per heavy atom. The van der Waals surface area contributed by atoms with Gasteiger partial charge >= 0.3 is 11.1 Å². The lowest BCUT2D eigenvalue weighted by Crippen LogP contribution is -2.44. The number of rotatable bonds is 2. The third kappa shape index (κ3) is 1.97. The largest absolute Gasteiger partial charge is 0.317 e. The molecule has 3 rings (SSSR count). The first-order chi connectivity index (χ1) is 9.97. The second-order valence-electron chi connectivity index (χ2n) is 6.25. The van der Waals surface area contributed by atoms with Crippen LogP contribution in [-0.2, 0) is 18.5 Å². The number of hydrogen-bond acceptors (Lipinski definition) is 2. The first kappa shape index (κ1) is 13.9. The minimum Gasteiger partial charge on any atom is -0.302 e. The molecule has 0 bridgehead atoms. The Labute approximate surface area is 123 Å². The summed E-state index contributed by atoms with van der Waals surface area (Å²) >= 11 is 0. The van der Waals surface area contributed by atoms with E-state index < -0.39 is 11.1 Å². The summed E-state index contributed by atoms with van der Waals surface area (Å²) in [7, 11) is 0. The molecule has 1 aromatic carbocycles. The van der Waals surface area contributed by atoms with Crippen LogP contribution in [0.25, 0.3) is 11.0 Å².